The quantitative estimate of drug-likeness (QED) is 0.898. The molecule has 0 bridgehead atoms. The Labute approximate surface area is 125 Å². The van der Waals surface area contributed by atoms with Crippen LogP contribution in [0.15, 0.2) is 22.7 Å². The van der Waals surface area contributed by atoms with E-state index in [0.29, 0.717) is 17.3 Å². The molecule has 7 heteroatoms. The van der Waals surface area contributed by atoms with Gasteiger partial charge in [-0.1, -0.05) is 13.8 Å². The molecule has 6 nitrogen and oxygen atoms in total. The van der Waals surface area contributed by atoms with Crippen LogP contribution in [0.3, 0.4) is 0 Å². The van der Waals surface area contributed by atoms with Crippen LogP contribution in [-0.2, 0) is 0 Å². The van der Waals surface area contributed by atoms with E-state index in [1.165, 1.54) is 0 Å². The first-order valence-corrected chi connectivity index (χ1v) is 6.87. The van der Waals surface area contributed by atoms with Crippen LogP contribution in [0.5, 0.6) is 5.75 Å². The number of nitrogens with one attached hydrogen (secondary N) is 2. The van der Waals surface area contributed by atoms with Crippen LogP contribution in [0, 0.1) is 0 Å². The number of amides is 1. The maximum absolute atomic E-state index is 12.0. The first kappa shape index (κ1) is 14.5. The van der Waals surface area contributed by atoms with E-state index in [-0.39, 0.29) is 17.6 Å². The number of halogens is 1. The number of anilines is 1. The first-order chi connectivity index (χ1) is 9.51. The van der Waals surface area contributed by atoms with E-state index in [2.05, 4.69) is 36.4 Å². The lowest BCUT2D eigenvalue weighted by Gasteiger charge is -2.07. The lowest BCUT2D eigenvalue weighted by atomic mass is 10.2. The van der Waals surface area contributed by atoms with E-state index in [1.807, 2.05) is 13.8 Å². The van der Waals surface area contributed by atoms with Crippen molar-refractivity contribution in [2.75, 3.05) is 12.4 Å². The number of methoxy groups -OCH3 is 1. The predicted molar refractivity (Wildman–Crippen MR) is 79.1 cm³/mol. The van der Waals surface area contributed by atoms with Crippen molar-refractivity contribution in [3.05, 3.63) is 34.3 Å². The van der Waals surface area contributed by atoms with Crippen LogP contribution in [-0.4, -0.2) is 28.2 Å². The number of hydrogen-bond acceptors (Lipinski definition) is 4. The minimum Gasteiger partial charge on any atom is -0.495 e. The van der Waals surface area contributed by atoms with Crippen LogP contribution >= 0.6 is 15.9 Å². The van der Waals surface area contributed by atoms with Crippen molar-refractivity contribution in [3.8, 4) is 5.75 Å². The van der Waals surface area contributed by atoms with Gasteiger partial charge in [0.05, 0.1) is 11.6 Å². The molecule has 2 rings (SSSR count). The number of nitrogens with zero attached hydrogens (tertiary/aromatic N) is 2. The van der Waals surface area contributed by atoms with E-state index in [0.717, 1.165) is 4.47 Å². The maximum atomic E-state index is 12.0. The summed E-state index contributed by atoms with van der Waals surface area (Å²) in [5.74, 6) is 1.27. The smallest absolute Gasteiger partial charge is 0.295 e. The van der Waals surface area contributed by atoms with E-state index < -0.39 is 0 Å². The SMILES string of the molecule is COc1cc(NC(=O)c2n[nH]c(C(C)C)n2)ccc1Br. The number of aromatic amines is 1. The number of ether oxygens (including phenoxy) is 1. The Balaban J connectivity index is 2.14. The summed E-state index contributed by atoms with van der Waals surface area (Å²) in [6.07, 6.45) is 0. The zero-order valence-electron chi connectivity index (χ0n) is 11.4. The highest BCUT2D eigenvalue weighted by Crippen LogP contribution is 2.27. The average Bonchev–Trinajstić information content (AvgIpc) is 2.91. The van der Waals surface area contributed by atoms with Crippen LogP contribution < -0.4 is 10.1 Å². The monoisotopic (exact) mass is 338 g/mol. The van der Waals surface area contributed by atoms with Crippen molar-refractivity contribution in [2.24, 2.45) is 0 Å². The average molecular weight is 339 g/mol. The Morgan fingerprint density at radius 1 is 1.45 bits per heavy atom. The summed E-state index contributed by atoms with van der Waals surface area (Å²) in [5.41, 5.74) is 0.617. The lowest BCUT2D eigenvalue weighted by Crippen LogP contribution is -2.14. The summed E-state index contributed by atoms with van der Waals surface area (Å²) in [5, 5.41) is 9.38. The van der Waals surface area contributed by atoms with Crippen LogP contribution in [0.2, 0.25) is 0 Å². The molecule has 0 atom stereocenters. The zero-order chi connectivity index (χ0) is 14.7. The number of benzene rings is 1. The summed E-state index contributed by atoms with van der Waals surface area (Å²) in [7, 11) is 1.57. The van der Waals surface area contributed by atoms with Crippen molar-refractivity contribution in [3.63, 3.8) is 0 Å². The van der Waals surface area contributed by atoms with Gasteiger partial charge in [-0.2, -0.15) is 0 Å². The molecule has 0 aliphatic carbocycles. The molecule has 2 aromatic rings. The van der Waals surface area contributed by atoms with Gasteiger partial charge in [0.1, 0.15) is 11.6 Å². The van der Waals surface area contributed by atoms with Crippen LogP contribution in [0.1, 0.15) is 36.2 Å². The second-order valence-corrected chi connectivity index (χ2v) is 5.36. The van der Waals surface area contributed by atoms with Gasteiger partial charge in [-0.05, 0) is 28.1 Å². The van der Waals surface area contributed by atoms with Gasteiger partial charge in [0, 0.05) is 17.7 Å². The minimum atomic E-state index is -0.363. The third-order valence-corrected chi connectivity index (χ3v) is 3.32. The summed E-state index contributed by atoms with van der Waals surface area (Å²) in [4.78, 5) is 16.2. The second-order valence-electron chi connectivity index (χ2n) is 4.50. The second kappa shape index (κ2) is 6.04. The molecule has 2 N–H and O–H groups in total. The van der Waals surface area contributed by atoms with Crippen molar-refractivity contribution in [1.82, 2.24) is 15.2 Å². The highest BCUT2D eigenvalue weighted by atomic mass is 79.9. The molecule has 0 aliphatic rings. The highest BCUT2D eigenvalue weighted by molar-refractivity contribution is 9.10. The summed E-state index contributed by atoms with van der Waals surface area (Å²) < 4.78 is 5.99. The number of carbonyl (C=O) groups excluding carboxylic acids is 1. The van der Waals surface area contributed by atoms with Gasteiger partial charge in [-0.15, -0.1) is 5.10 Å². The van der Waals surface area contributed by atoms with Gasteiger partial charge in [0.2, 0.25) is 5.82 Å². The van der Waals surface area contributed by atoms with Gasteiger partial charge < -0.3 is 10.1 Å². The van der Waals surface area contributed by atoms with E-state index >= 15 is 0 Å². The minimum absolute atomic E-state index is 0.121. The Bertz CT molecular complexity index is 625. The Morgan fingerprint density at radius 3 is 2.80 bits per heavy atom. The van der Waals surface area contributed by atoms with E-state index in [9.17, 15) is 4.79 Å². The first-order valence-electron chi connectivity index (χ1n) is 6.08. The molecule has 0 saturated heterocycles. The summed E-state index contributed by atoms with van der Waals surface area (Å²) >= 11 is 3.35. The van der Waals surface area contributed by atoms with Gasteiger partial charge in [-0.25, -0.2) is 4.98 Å². The van der Waals surface area contributed by atoms with Gasteiger partial charge in [0.25, 0.3) is 5.91 Å². The number of carbonyl (C=O) groups is 1. The summed E-state index contributed by atoms with van der Waals surface area (Å²) in [6, 6.07) is 5.28. The topological polar surface area (TPSA) is 79.9 Å². The molecule has 0 fully saturated rings. The number of hydrogen-bond donors (Lipinski definition) is 2. The zero-order valence-corrected chi connectivity index (χ0v) is 13.0. The molecule has 0 saturated carbocycles. The predicted octanol–water partition coefficient (Wildman–Crippen LogP) is 2.95. The highest BCUT2D eigenvalue weighted by Gasteiger charge is 2.14. The third-order valence-electron chi connectivity index (χ3n) is 2.66. The van der Waals surface area contributed by atoms with Gasteiger partial charge in [0.15, 0.2) is 0 Å². The Hall–Kier alpha value is -1.89. The molecular formula is C13H15BrN4O2. The van der Waals surface area contributed by atoms with Crippen molar-refractivity contribution >= 4 is 27.5 Å². The largest absolute Gasteiger partial charge is 0.495 e. The fourth-order valence-electron chi connectivity index (χ4n) is 1.56. The normalized spacial score (nSPS) is 10.7. The molecule has 1 aromatic carbocycles. The molecule has 0 unspecified atom stereocenters. The number of rotatable bonds is 4. The van der Waals surface area contributed by atoms with E-state index in [4.69, 9.17) is 4.74 Å². The maximum Gasteiger partial charge on any atom is 0.295 e. The van der Waals surface area contributed by atoms with Crippen molar-refractivity contribution in [1.29, 1.82) is 0 Å². The van der Waals surface area contributed by atoms with Crippen LogP contribution in [0.25, 0.3) is 0 Å². The lowest BCUT2D eigenvalue weighted by molar-refractivity contribution is 0.101. The molecule has 1 aromatic heterocycles. The number of aromatic nitrogens is 3. The molecule has 0 spiro atoms. The van der Waals surface area contributed by atoms with E-state index in [1.54, 1.807) is 25.3 Å². The fraction of sp³-hybridized carbons (Fsp3) is 0.308. The Kier molecular flexibility index (Phi) is 4.39. The van der Waals surface area contributed by atoms with Gasteiger partial charge in [-0.3, -0.25) is 9.89 Å². The van der Waals surface area contributed by atoms with Crippen molar-refractivity contribution < 1.29 is 9.53 Å². The standard InChI is InChI=1S/C13H15BrN4O2/c1-7(2)11-16-12(18-17-11)13(19)15-8-4-5-9(14)10(6-8)20-3/h4-7H,1-3H3,(H,15,19)(H,16,17,18). The molecule has 1 amide bonds. The van der Waals surface area contributed by atoms with Crippen LogP contribution in [0.4, 0.5) is 5.69 Å². The Morgan fingerprint density at radius 2 is 2.20 bits per heavy atom. The molecule has 0 radical (unpaired) electrons. The molecule has 106 valence electrons. The third kappa shape index (κ3) is 3.16. The number of H-pyrrole nitrogens is 1. The molecular weight excluding hydrogens is 324 g/mol. The van der Waals surface area contributed by atoms with Gasteiger partial charge >= 0.3 is 0 Å². The molecule has 1 heterocycles. The summed E-state index contributed by atoms with van der Waals surface area (Å²) in [6.45, 7) is 3.95. The fourth-order valence-corrected chi connectivity index (χ4v) is 1.97. The molecule has 0 aliphatic heterocycles. The van der Waals surface area contributed by atoms with Crippen molar-refractivity contribution in [2.45, 2.75) is 19.8 Å². The molecule has 20 heavy (non-hydrogen) atoms.